The molecule has 0 amide bonds. The van der Waals surface area contributed by atoms with Crippen molar-refractivity contribution in [1.29, 1.82) is 0 Å². The Morgan fingerprint density at radius 3 is 2.82 bits per heavy atom. The summed E-state index contributed by atoms with van der Waals surface area (Å²) in [5.74, 6) is 0. The number of nitrogens with zero attached hydrogens (tertiary/aromatic N) is 1. The third-order valence-electron chi connectivity index (χ3n) is 1.87. The molecule has 0 aliphatic rings. The van der Waals surface area contributed by atoms with E-state index in [-0.39, 0.29) is 5.41 Å². The maximum atomic E-state index is 5.50. The molecule has 0 atom stereocenters. The summed E-state index contributed by atoms with van der Waals surface area (Å²) in [6, 6.07) is 0. The van der Waals surface area contributed by atoms with Gasteiger partial charge in [-0.05, 0) is 13.0 Å². The molecule has 0 bridgehead atoms. The molecule has 62 valence electrons. The molecule has 1 heterocycles. The number of hydrogen-bond acceptors (Lipinski definition) is 3. The predicted molar refractivity (Wildman–Crippen MR) is 48.8 cm³/mol. The van der Waals surface area contributed by atoms with Gasteiger partial charge in [0.1, 0.15) is 0 Å². The van der Waals surface area contributed by atoms with E-state index < -0.39 is 0 Å². The molecule has 1 aromatic rings. The summed E-state index contributed by atoms with van der Waals surface area (Å²) < 4.78 is 0. The summed E-state index contributed by atoms with van der Waals surface area (Å²) in [7, 11) is 0. The lowest BCUT2D eigenvalue weighted by Gasteiger charge is -2.21. The van der Waals surface area contributed by atoms with Gasteiger partial charge in [-0.25, -0.2) is 0 Å². The number of rotatable bonds is 3. The van der Waals surface area contributed by atoms with Crippen LogP contribution in [0.25, 0.3) is 0 Å². The largest absolute Gasteiger partial charge is 0.330 e. The highest BCUT2D eigenvalue weighted by Gasteiger charge is 2.20. The predicted octanol–water partition coefficient (Wildman–Crippen LogP) is 1.77. The van der Waals surface area contributed by atoms with Crippen molar-refractivity contribution >= 4 is 11.3 Å². The Kier molecular flexibility index (Phi) is 2.62. The maximum absolute atomic E-state index is 5.50. The van der Waals surface area contributed by atoms with Gasteiger partial charge < -0.3 is 5.73 Å². The topological polar surface area (TPSA) is 38.9 Å². The zero-order valence-corrected chi connectivity index (χ0v) is 7.82. The first-order chi connectivity index (χ1) is 5.17. The van der Waals surface area contributed by atoms with Crippen LogP contribution in [-0.4, -0.2) is 11.5 Å². The van der Waals surface area contributed by atoms with Crippen LogP contribution in [-0.2, 0) is 5.41 Å². The van der Waals surface area contributed by atoms with Crippen LogP contribution in [0.5, 0.6) is 0 Å². The third-order valence-corrected chi connectivity index (χ3v) is 3.01. The lowest BCUT2D eigenvalue weighted by Crippen LogP contribution is -2.20. The van der Waals surface area contributed by atoms with E-state index in [9.17, 15) is 0 Å². The molecule has 1 aromatic heterocycles. The lowest BCUT2D eigenvalue weighted by atomic mass is 9.88. The Morgan fingerprint density at radius 2 is 2.36 bits per heavy atom. The van der Waals surface area contributed by atoms with Gasteiger partial charge >= 0.3 is 0 Å². The zero-order chi connectivity index (χ0) is 8.32. The molecule has 0 aliphatic heterocycles. The van der Waals surface area contributed by atoms with Gasteiger partial charge in [0.05, 0.1) is 5.51 Å². The minimum Gasteiger partial charge on any atom is -0.330 e. The molecular formula is C8H14N2S. The Bertz CT molecular complexity index is 204. The molecule has 0 saturated carbocycles. The van der Waals surface area contributed by atoms with E-state index in [1.165, 1.54) is 4.88 Å². The van der Waals surface area contributed by atoms with E-state index in [0.29, 0.717) is 0 Å². The van der Waals surface area contributed by atoms with E-state index in [1.54, 1.807) is 11.3 Å². The summed E-state index contributed by atoms with van der Waals surface area (Å²) >= 11 is 1.70. The third kappa shape index (κ3) is 2.01. The van der Waals surface area contributed by atoms with E-state index in [0.717, 1.165) is 13.0 Å². The van der Waals surface area contributed by atoms with Gasteiger partial charge in [0.25, 0.3) is 0 Å². The van der Waals surface area contributed by atoms with E-state index in [1.807, 2.05) is 11.7 Å². The molecule has 0 spiro atoms. The summed E-state index contributed by atoms with van der Waals surface area (Å²) in [5.41, 5.74) is 7.58. The minimum absolute atomic E-state index is 0.204. The molecule has 0 fully saturated rings. The Balaban J connectivity index is 2.73. The lowest BCUT2D eigenvalue weighted by molar-refractivity contribution is 0.496. The molecule has 2 nitrogen and oxygen atoms in total. The van der Waals surface area contributed by atoms with Crippen LogP contribution in [0.4, 0.5) is 0 Å². The molecule has 0 saturated heterocycles. The van der Waals surface area contributed by atoms with Crippen molar-refractivity contribution in [3.05, 3.63) is 16.6 Å². The maximum Gasteiger partial charge on any atom is 0.0794 e. The Morgan fingerprint density at radius 1 is 1.64 bits per heavy atom. The van der Waals surface area contributed by atoms with Crippen molar-refractivity contribution < 1.29 is 0 Å². The van der Waals surface area contributed by atoms with Gasteiger partial charge in [-0.3, -0.25) is 4.98 Å². The standard InChI is InChI=1S/C8H14N2S/c1-8(2,3-4-9)7-5-10-6-11-7/h5-6H,3-4,9H2,1-2H3. The fourth-order valence-corrected chi connectivity index (χ4v) is 1.81. The fraction of sp³-hybridized carbons (Fsp3) is 0.625. The van der Waals surface area contributed by atoms with Gasteiger partial charge in [-0.1, -0.05) is 13.8 Å². The van der Waals surface area contributed by atoms with Crippen LogP contribution in [0.1, 0.15) is 25.1 Å². The van der Waals surface area contributed by atoms with Crippen molar-refractivity contribution in [1.82, 2.24) is 4.98 Å². The summed E-state index contributed by atoms with van der Waals surface area (Å²) in [6.07, 6.45) is 2.95. The first-order valence-electron chi connectivity index (χ1n) is 3.76. The van der Waals surface area contributed by atoms with Crippen LogP contribution in [0.2, 0.25) is 0 Å². The molecular weight excluding hydrogens is 156 g/mol. The van der Waals surface area contributed by atoms with E-state index in [2.05, 4.69) is 18.8 Å². The quantitative estimate of drug-likeness (QED) is 0.751. The average Bonchev–Trinajstić information content (AvgIpc) is 2.37. The van der Waals surface area contributed by atoms with Crippen molar-refractivity contribution in [3.63, 3.8) is 0 Å². The van der Waals surface area contributed by atoms with Gasteiger partial charge in [0.2, 0.25) is 0 Å². The molecule has 2 N–H and O–H groups in total. The monoisotopic (exact) mass is 170 g/mol. The van der Waals surface area contributed by atoms with Crippen LogP contribution in [0, 0.1) is 0 Å². The summed E-state index contributed by atoms with van der Waals surface area (Å²) in [6.45, 7) is 5.14. The van der Waals surface area contributed by atoms with Crippen LogP contribution >= 0.6 is 11.3 Å². The number of hydrogen-bond donors (Lipinski definition) is 1. The normalized spacial score (nSPS) is 11.9. The Labute approximate surface area is 71.5 Å². The van der Waals surface area contributed by atoms with Gasteiger partial charge in [-0.2, -0.15) is 0 Å². The van der Waals surface area contributed by atoms with E-state index in [4.69, 9.17) is 5.73 Å². The van der Waals surface area contributed by atoms with Crippen LogP contribution in [0.15, 0.2) is 11.7 Å². The molecule has 3 heteroatoms. The molecule has 0 radical (unpaired) electrons. The Hall–Kier alpha value is -0.410. The van der Waals surface area contributed by atoms with Crippen molar-refractivity contribution in [2.75, 3.05) is 6.54 Å². The van der Waals surface area contributed by atoms with E-state index >= 15 is 0 Å². The first-order valence-corrected chi connectivity index (χ1v) is 4.64. The molecule has 1 rings (SSSR count). The first kappa shape index (κ1) is 8.68. The summed E-state index contributed by atoms with van der Waals surface area (Å²) in [4.78, 5) is 5.37. The van der Waals surface area contributed by atoms with Gasteiger partial charge in [0, 0.05) is 16.5 Å². The zero-order valence-electron chi connectivity index (χ0n) is 7.00. The van der Waals surface area contributed by atoms with Gasteiger partial charge in [0.15, 0.2) is 0 Å². The second-order valence-electron chi connectivity index (χ2n) is 3.29. The SMILES string of the molecule is CC(C)(CCN)c1cncs1. The second kappa shape index (κ2) is 3.32. The molecule has 0 aliphatic carbocycles. The van der Waals surface area contributed by atoms with Gasteiger partial charge in [-0.15, -0.1) is 11.3 Å². The molecule has 11 heavy (non-hydrogen) atoms. The number of nitrogens with two attached hydrogens (primary N) is 1. The average molecular weight is 170 g/mol. The number of aromatic nitrogens is 1. The number of thiazole rings is 1. The summed E-state index contributed by atoms with van der Waals surface area (Å²) in [5, 5.41) is 0. The second-order valence-corrected chi connectivity index (χ2v) is 4.17. The van der Waals surface area contributed by atoms with Crippen molar-refractivity contribution in [3.8, 4) is 0 Å². The van der Waals surface area contributed by atoms with Crippen molar-refractivity contribution in [2.24, 2.45) is 5.73 Å². The smallest absolute Gasteiger partial charge is 0.0794 e. The highest BCUT2D eigenvalue weighted by Crippen LogP contribution is 2.28. The van der Waals surface area contributed by atoms with Crippen LogP contribution in [0.3, 0.4) is 0 Å². The molecule has 0 aromatic carbocycles. The van der Waals surface area contributed by atoms with Crippen LogP contribution < -0.4 is 5.73 Å². The highest BCUT2D eigenvalue weighted by atomic mass is 32.1. The fourth-order valence-electron chi connectivity index (χ4n) is 1.03. The molecule has 0 unspecified atom stereocenters. The highest BCUT2D eigenvalue weighted by molar-refractivity contribution is 7.09. The minimum atomic E-state index is 0.204. The van der Waals surface area contributed by atoms with Crippen molar-refractivity contribution in [2.45, 2.75) is 25.7 Å².